The molecule has 2 aromatic rings. The van der Waals surface area contributed by atoms with Crippen LogP contribution in [0.5, 0.6) is 0 Å². The van der Waals surface area contributed by atoms with Gasteiger partial charge in [-0.2, -0.15) is 0 Å². The van der Waals surface area contributed by atoms with Crippen LogP contribution in [0.25, 0.3) is 10.6 Å². The number of hydrogen-bond acceptors (Lipinski definition) is 4. The standard InChI is InChI=1S/C9H6N2OS/c12-11-8-4-2-1-3-7(8)9-10-5-6-13-9/h1-6H. The molecule has 2 rings (SSSR count). The molecule has 0 saturated carbocycles. The number of rotatable bonds is 2. The molecule has 0 aliphatic rings. The monoisotopic (exact) mass is 190 g/mol. The van der Waals surface area contributed by atoms with Crippen LogP contribution in [0.1, 0.15) is 0 Å². The number of aromatic nitrogens is 1. The third kappa shape index (κ3) is 1.48. The molecule has 0 amide bonds. The highest BCUT2D eigenvalue weighted by atomic mass is 32.1. The van der Waals surface area contributed by atoms with Crippen LogP contribution >= 0.6 is 11.3 Å². The van der Waals surface area contributed by atoms with Crippen LogP contribution < -0.4 is 0 Å². The van der Waals surface area contributed by atoms with Crippen LogP contribution in [-0.4, -0.2) is 4.98 Å². The lowest BCUT2D eigenvalue weighted by atomic mass is 10.2. The first-order chi connectivity index (χ1) is 6.42. The molecule has 0 unspecified atom stereocenters. The zero-order valence-electron chi connectivity index (χ0n) is 6.68. The highest BCUT2D eigenvalue weighted by molar-refractivity contribution is 7.13. The summed E-state index contributed by atoms with van der Waals surface area (Å²) in [7, 11) is 0. The summed E-state index contributed by atoms with van der Waals surface area (Å²) in [6.45, 7) is 0. The Hall–Kier alpha value is -1.55. The van der Waals surface area contributed by atoms with Crippen molar-refractivity contribution in [3.63, 3.8) is 0 Å². The molecule has 3 nitrogen and oxygen atoms in total. The zero-order chi connectivity index (χ0) is 9.10. The van der Waals surface area contributed by atoms with E-state index in [1.165, 1.54) is 11.3 Å². The van der Waals surface area contributed by atoms with Crippen molar-refractivity contribution in [3.05, 3.63) is 40.7 Å². The van der Waals surface area contributed by atoms with Crippen molar-refractivity contribution in [2.24, 2.45) is 5.18 Å². The van der Waals surface area contributed by atoms with E-state index in [1.54, 1.807) is 18.3 Å². The maximum absolute atomic E-state index is 10.4. The Morgan fingerprint density at radius 1 is 1.31 bits per heavy atom. The summed E-state index contributed by atoms with van der Waals surface area (Å²) in [5.74, 6) is 0. The molecular formula is C9H6N2OS. The third-order valence-electron chi connectivity index (χ3n) is 1.67. The third-order valence-corrected chi connectivity index (χ3v) is 2.47. The molecule has 0 aliphatic carbocycles. The smallest absolute Gasteiger partial charge is 0.125 e. The fraction of sp³-hybridized carbons (Fsp3) is 0. The van der Waals surface area contributed by atoms with E-state index in [4.69, 9.17) is 0 Å². The summed E-state index contributed by atoms with van der Waals surface area (Å²) in [4.78, 5) is 14.6. The topological polar surface area (TPSA) is 42.3 Å². The SMILES string of the molecule is O=Nc1ccccc1-c1nccs1. The van der Waals surface area contributed by atoms with E-state index < -0.39 is 0 Å². The molecule has 1 heterocycles. The first-order valence-corrected chi connectivity index (χ1v) is 4.62. The zero-order valence-corrected chi connectivity index (χ0v) is 7.49. The Labute approximate surface area is 79.0 Å². The number of benzene rings is 1. The molecule has 0 aliphatic heterocycles. The minimum Gasteiger partial charge on any atom is -0.244 e. The van der Waals surface area contributed by atoms with Crippen molar-refractivity contribution in [2.75, 3.05) is 0 Å². The van der Waals surface area contributed by atoms with Crippen LogP contribution in [-0.2, 0) is 0 Å². The van der Waals surface area contributed by atoms with E-state index in [1.807, 2.05) is 17.5 Å². The summed E-state index contributed by atoms with van der Waals surface area (Å²) in [6.07, 6.45) is 1.71. The normalized spacial score (nSPS) is 9.85. The number of nitrogens with zero attached hydrogens (tertiary/aromatic N) is 2. The Morgan fingerprint density at radius 3 is 2.85 bits per heavy atom. The average Bonchev–Trinajstić information content (AvgIpc) is 2.70. The summed E-state index contributed by atoms with van der Waals surface area (Å²) in [5, 5.41) is 5.64. The van der Waals surface area contributed by atoms with Gasteiger partial charge in [-0.3, -0.25) is 0 Å². The molecule has 0 atom stereocenters. The van der Waals surface area contributed by atoms with Gasteiger partial charge in [-0.25, -0.2) is 4.98 Å². The molecule has 1 aromatic carbocycles. The molecule has 4 heteroatoms. The molecule has 0 bridgehead atoms. The van der Waals surface area contributed by atoms with Crippen LogP contribution in [0.15, 0.2) is 41.0 Å². The van der Waals surface area contributed by atoms with E-state index in [2.05, 4.69) is 10.2 Å². The quantitative estimate of drug-likeness (QED) is 0.682. The van der Waals surface area contributed by atoms with Crippen molar-refractivity contribution >= 4 is 17.0 Å². The molecule has 1 aromatic heterocycles. The molecule has 64 valence electrons. The largest absolute Gasteiger partial charge is 0.244 e. The summed E-state index contributed by atoms with van der Waals surface area (Å²) in [5.41, 5.74) is 1.24. The number of thiazole rings is 1. The Kier molecular flexibility index (Phi) is 2.14. The van der Waals surface area contributed by atoms with Gasteiger partial charge in [-0.15, -0.1) is 16.2 Å². The van der Waals surface area contributed by atoms with Crippen molar-refractivity contribution in [3.8, 4) is 10.6 Å². The van der Waals surface area contributed by atoms with Gasteiger partial charge in [-0.1, -0.05) is 12.1 Å². The minimum absolute atomic E-state index is 0.442. The van der Waals surface area contributed by atoms with E-state index in [-0.39, 0.29) is 0 Å². The van der Waals surface area contributed by atoms with E-state index in [0.29, 0.717) is 5.69 Å². The summed E-state index contributed by atoms with van der Waals surface area (Å²) in [6, 6.07) is 7.18. The summed E-state index contributed by atoms with van der Waals surface area (Å²) < 4.78 is 0. The first kappa shape index (κ1) is 8.07. The fourth-order valence-electron chi connectivity index (χ4n) is 1.09. The Balaban J connectivity index is 2.57. The van der Waals surface area contributed by atoms with Gasteiger partial charge in [0.05, 0.1) is 0 Å². The average molecular weight is 190 g/mol. The van der Waals surface area contributed by atoms with Gasteiger partial charge in [0, 0.05) is 17.1 Å². The number of nitroso groups, excluding NO2 is 1. The Morgan fingerprint density at radius 2 is 2.15 bits per heavy atom. The van der Waals surface area contributed by atoms with Gasteiger partial charge >= 0.3 is 0 Å². The van der Waals surface area contributed by atoms with Crippen molar-refractivity contribution in [1.82, 2.24) is 4.98 Å². The molecule has 0 fully saturated rings. The lowest BCUT2D eigenvalue weighted by Gasteiger charge is -1.97. The molecule has 13 heavy (non-hydrogen) atoms. The highest BCUT2D eigenvalue weighted by Crippen LogP contribution is 2.30. The first-order valence-electron chi connectivity index (χ1n) is 3.74. The predicted octanol–water partition coefficient (Wildman–Crippen LogP) is 3.21. The molecule has 0 N–H and O–H groups in total. The number of hydrogen-bond donors (Lipinski definition) is 0. The van der Waals surface area contributed by atoms with Crippen molar-refractivity contribution in [2.45, 2.75) is 0 Å². The molecule has 0 spiro atoms. The van der Waals surface area contributed by atoms with E-state index in [9.17, 15) is 4.91 Å². The van der Waals surface area contributed by atoms with E-state index >= 15 is 0 Å². The molecule has 0 radical (unpaired) electrons. The van der Waals surface area contributed by atoms with Gasteiger partial charge in [0.2, 0.25) is 0 Å². The fourth-order valence-corrected chi connectivity index (χ4v) is 1.76. The van der Waals surface area contributed by atoms with Gasteiger partial charge in [0.1, 0.15) is 10.7 Å². The predicted molar refractivity (Wildman–Crippen MR) is 53.0 cm³/mol. The van der Waals surface area contributed by atoms with Crippen LogP contribution in [0.4, 0.5) is 5.69 Å². The summed E-state index contributed by atoms with van der Waals surface area (Å²) >= 11 is 1.50. The molecule has 0 saturated heterocycles. The van der Waals surface area contributed by atoms with Crippen LogP contribution in [0.3, 0.4) is 0 Å². The van der Waals surface area contributed by atoms with Crippen molar-refractivity contribution in [1.29, 1.82) is 0 Å². The van der Waals surface area contributed by atoms with Gasteiger partial charge in [0.25, 0.3) is 0 Å². The molecular weight excluding hydrogens is 184 g/mol. The Bertz CT molecular complexity index is 411. The second-order valence-electron chi connectivity index (χ2n) is 2.45. The van der Waals surface area contributed by atoms with Gasteiger partial charge in [-0.05, 0) is 17.3 Å². The maximum Gasteiger partial charge on any atom is 0.125 e. The second kappa shape index (κ2) is 3.45. The van der Waals surface area contributed by atoms with E-state index in [0.717, 1.165) is 10.6 Å². The minimum atomic E-state index is 0.442. The van der Waals surface area contributed by atoms with Crippen molar-refractivity contribution < 1.29 is 0 Å². The van der Waals surface area contributed by atoms with Crippen LogP contribution in [0.2, 0.25) is 0 Å². The van der Waals surface area contributed by atoms with Gasteiger partial charge < -0.3 is 0 Å². The maximum atomic E-state index is 10.4. The lowest BCUT2D eigenvalue weighted by molar-refractivity contribution is 1.40. The lowest BCUT2D eigenvalue weighted by Crippen LogP contribution is -1.75. The van der Waals surface area contributed by atoms with Gasteiger partial charge in [0.15, 0.2) is 0 Å². The van der Waals surface area contributed by atoms with Crippen LogP contribution in [0, 0.1) is 4.91 Å². The highest BCUT2D eigenvalue weighted by Gasteiger charge is 2.05. The second-order valence-corrected chi connectivity index (χ2v) is 3.34.